The van der Waals surface area contributed by atoms with E-state index in [9.17, 15) is 10.1 Å². The molecular formula is C10H10BrNO3. The van der Waals surface area contributed by atoms with Crippen molar-refractivity contribution >= 4 is 21.6 Å². The van der Waals surface area contributed by atoms with Crippen LogP contribution in [-0.2, 0) is 0 Å². The fourth-order valence-electron chi connectivity index (χ4n) is 1.82. The van der Waals surface area contributed by atoms with Crippen LogP contribution in [0.1, 0.15) is 17.9 Å². The van der Waals surface area contributed by atoms with Crippen LogP contribution in [0.15, 0.2) is 22.7 Å². The van der Waals surface area contributed by atoms with Crippen molar-refractivity contribution in [3.8, 4) is 0 Å². The van der Waals surface area contributed by atoms with Crippen LogP contribution in [-0.4, -0.2) is 16.6 Å². The van der Waals surface area contributed by atoms with Gasteiger partial charge in [0, 0.05) is 22.7 Å². The second-order valence-electron chi connectivity index (χ2n) is 3.75. The average molecular weight is 272 g/mol. The minimum Gasteiger partial charge on any atom is -0.396 e. The van der Waals surface area contributed by atoms with E-state index in [4.69, 9.17) is 5.11 Å². The van der Waals surface area contributed by atoms with Crippen molar-refractivity contribution in [3.63, 3.8) is 0 Å². The summed E-state index contributed by atoms with van der Waals surface area (Å²) in [4.78, 5) is 10.5. The number of nitro groups is 1. The van der Waals surface area contributed by atoms with Crippen LogP contribution in [0.5, 0.6) is 0 Å². The van der Waals surface area contributed by atoms with Crippen molar-refractivity contribution in [1.29, 1.82) is 0 Å². The molecule has 0 saturated heterocycles. The first-order valence-corrected chi connectivity index (χ1v) is 5.47. The van der Waals surface area contributed by atoms with Gasteiger partial charge in [0.15, 0.2) is 0 Å². The minimum atomic E-state index is -0.368. The Labute approximate surface area is 95.2 Å². The lowest BCUT2D eigenvalue weighted by Crippen LogP contribution is -1.96. The van der Waals surface area contributed by atoms with E-state index in [0.717, 1.165) is 12.0 Å². The van der Waals surface area contributed by atoms with Crippen LogP contribution >= 0.6 is 15.9 Å². The number of aliphatic hydroxyl groups is 1. The molecule has 1 aromatic carbocycles. The molecule has 0 bridgehead atoms. The third kappa shape index (κ3) is 2.03. The first-order valence-electron chi connectivity index (χ1n) is 4.68. The molecular weight excluding hydrogens is 262 g/mol. The lowest BCUT2D eigenvalue weighted by molar-refractivity contribution is -0.385. The van der Waals surface area contributed by atoms with Crippen LogP contribution in [0.25, 0.3) is 0 Å². The summed E-state index contributed by atoms with van der Waals surface area (Å²) in [5, 5.41) is 19.8. The standard InChI is InChI=1S/C10H10BrNO3/c11-7-1-2-8(9-3-6(9)5-13)10(4-7)12(14)15/h1-2,4,6,9,13H,3,5H2. The first kappa shape index (κ1) is 10.6. The smallest absolute Gasteiger partial charge is 0.274 e. The predicted octanol–water partition coefficient (Wildman–Crippen LogP) is 2.45. The van der Waals surface area contributed by atoms with Gasteiger partial charge in [-0.1, -0.05) is 22.0 Å². The zero-order chi connectivity index (χ0) is 11.0. The molecule has 2 rings (SSSR count). The van der Waals surface area contributed by atoms with Crippen molar-refractivity contribution in [2.45, 2.75) is 12.3 Å². The molecule has 4 nitrogen and oxygen atoms in total. The quantitative estimate of drug-likeness (QED) is 0.679. The fraction of sp³-hybridized carbons (Fsp3) is 0.400. The number of halogens is 1. The van der Waals surface area contributed by atoms with E-state index in [1.165, 1.54) is 6.07 Å². The molecule has 0 radical (unpaired) electrons. The summed E-state index contributed by atoms with van der Waals surface area (Å²) in [5.74, 6) is 0.355. The molecule has 0 aromatic heterocycles. The molecule has 1 saturated carbocycles. The Morgan fingerprint density at radius 3 is 2.87 bits per heavy atom. The Kier molecular flexibility index (Phi) is 2.75. The SMILES string of the molecule is O=[N+]([O-])c1cc(Br)ccc1C1CC1CO. The number of rotatable bonds is 3. The number of nitrogens with zero attached hydrogens (tertiary/aromatic N) is 1. The fourth-order valence-corrected chi connectivity index (χ4v) is 2.17. The Balaban J connectivity index is 2.35. The number of nitro benzene ring substituents is 1. The van der Waals surface area contributed by atoms with Crippen molar-refractivity contribution in [2.75, 3.05) is 6.61 Å². The zero-order valence-corrected chi connectivity index (χ0v) is 9.48. The van der Waals surface area contributed by atoms with E-state index in [1.54, 1.807) is 12.1 Å². The Bertz CT molecular complexity index is 408. The van der Waals surface area contributed by atoms with Crippen LogP contribution in [0.3, 0.4) is 0 Å². The molecule has 0 aliphatic heterocycles. The highest BCUT2D eigenvalue weighted by atomic mass is 79.9. The molecule has 1 aromatic rings. The van der Waals surface area contributed by atoms with Crippen molar-refractivity contribution in [3.05, 3.63) is 38.3 Å². The maximum absolute atomic E-state index is 10.8. The second-order valence-corrected chi connectivity index (χ2v) is 4.66. The summed E-state index contributed by atoms with van der Waals surface area (Å²) in [6.45, 7) is 0.109. The molecule has 1 aliphatic carbocycles. The van der Waals surface area contributed by atoms with E-state index in [0.29, 0.717) is 4.47 Å². The Morgan fingerprint density at radius 1 is 1.60 bits per heavy atom. The van der Waals surface area contributed by atoms with Crippen molar-refractivity contribution in [1.82, 2.24) is 0 Å². The first-order chi connectivity index (χ1) is 7.13. The third-order valence-corrected chi connectivity index (χ3v) is 3.24. The van der Waals surface area contributed by atoms with E-state index < -0.39 is 0 Å². The van der Waals surface area contributed by atoms with Gasteiger partial charge in [0.1, 0.15) is 0 Å². The maximum Gasteiger partial charge on any atom is 0.274 e. The van der Waals surface area contributed by atoms with Gasteiger partial charge in [-0.25, -0.2) is 0 Å². The summed E-state index contributed by atoms with van der Waals surface area (Å²) in [7, 11) is 0. The monoisotopic (exact) mass is 271 g/mol. The number of aliphatic hydroxyl groups excluding tert-OH is 1. The largest absolute Gasteiger partial charge is 0.396 e. The van der Waals surface area contributed by atoms with Crippen molar-refractivity contribution < 1.29 is 10.0 Å². The summed E-state index contributed by atoms with van der Waals surface area (Å²) >= 11 is 3.21. The summed E-state index contributed by atoms with van der Waals surface area (Å²) in [6.07, 6.45) is 0.846. The molecule has 15 heavy (non-hydrogen) atoms. The average Bonchev–Trinajstić information content (AvgIpc) is 2.96. The van der Waals surface area contributed by atoms with Crippen LogP contribution in [0.2, 0.25) is 0 Å². The van der Waals surface area contributed by atoms with Gasteiger partial charge in [0.2, 0.25) is 0 Å². The van der Waals surface area contributed by atoms with Crippen molar-refractivity contribution in [2.24, 2.45) is 5.92 Å². The number of hydrogen-bond donors (Lipinski definition) is 1. The van der Waals surface area contributed by atoms with Gasteiger partial charge in [0.05, 0.1) is 4.92 Å². The highest BCUT2D eigenvalue weighted by molar-refractivity contribution is 9.10. The molecule has 0 heterocycles. The maximum atomic E-state index is 10.8. The van der Waals surface area contributed by atoms with Crippen LogP contribution < -0.4 is 0 Å². The lowest BCUT2D eigenvalue weighted by Gasteiger charge is -2.01. The molecule has 2 atom stereocenters. The molecule has 0 amide bonds. The zero-order valence-electron chi connectivity index (χ0n) is 7.89. The van der Waals surface area contributed by atoms with E-state index in [1.807, 2.05) is 0 Å². The lowest BCUT2D eigenvalue weighted by atomic mass is 10.1. The van der Waals surface area contributed by atoms with Gasteiger partial charge in [-0.3, -0.25) is 10.1 Å². The summed E-state index contributed by atoms with van der Waals surface area (Å²) in [6, 6.07) is 5.08. The van der Waals surface area contributed by atoms with Gasteiger partial charge in [-0.15, -0.1) is 0 Å². The number of hydrogen-bond acceptors (Lipinski definition) is 3. The van der Waals surface area contributed by atoms with Gasteiger partial charge in [0.25, 0.3) is 5.69 Å². The normalized spacial score (nSPS) is 23.9. The highest BCUT2D eigenvalue weighted by Crippen LogP contribution is 2.50. The Hall–Kier alpha value is -0.940. The molecule has 1 N–H and O–H groups in total. The molecule has 80 valence electrons. The minimum absolute atomic E-state index is 0.109. The van der Waals surface area contributed by atoms with Gasteiger partial charge in [-0.2, -0.15) is 0 Å². The molecule has 5 heteroatoms. The highest BCUT2D eigenvalue weighted by Gasteiger charge is 2.41. The van der Waals surface area contributed by atoms with Crippen LogP contribution in [0, 0.1) is 16.0 Å². The molecule has 1 fully saturated rings. The Morgan fingerprint density at radius 2 is 2.33 bits per heavy atom. The third-order valence-electron chi connectivity index (χ3n) is 2.75. The molecule has 1 aliphatic rings. The van der Waals surface area contributed by atoms with Gasteiger partial charge < -0.3 is 5.11 Å². The second kappa shape index (κ2) is 3.90. The van der Waals surface area contributed by atoms with Crippen LogP contribution in [0.4, 0.5) is 5.69 Å². The number of benzene rings is 1. The molecule has 2 unspecified atom stereocenters. The van der Waals surface area contributed by atoms with E-state index >= 15 is 0 Å². The van der Waals surface area contributed by atoms with E-state index in [2.05, 4.69) is 15.9 Å². The van der Waals surface area contributed by atoms with Gasteiger partial charge in [-0.05, 0) is 24.3 Å². The van der Waals surface area contributed by atoms with Gasteiger partial charge >= 0.3 is 0 Å². The summed E-state index contributed by atoms with van der Waals surface area (Å²) < 4.78 is 0.708. The topological polar surface area (TPSA) is 63.4 Å². The predicted molar refractivity (Wildman–Crippen MR) is 58.7 cm³/mol. The van der Waals surface area contributed by atoms with E-state index in [-0.39, 0.29) is 29.1 Å². The molecule has 0 spiro atoms. The summed E-state index contributed by atoms with van der Waals surface area (Å²) in [5.41, 5.74) is 0.882.